The van der Waals surface area contributed by atoms with Crippen LogP contribution >= 0.6 is 0 Å². The first-order chi connectivity index (χ1) is 8.54. The van der Waals surface area contributed by atoms with Crippen molar-refractivity contribution < 1.29 is 0 Å². The van der Waals surface area contributed by atoms with Gasteiger partial charge in [0, 0.05) is 12.1 Å². The molecule has 0 amide bonds. The molecule has 18 heavy (non-hydrogen) atoms. The molecule has 0 saturated carbocycles. The summed E-state index contributed by atoms with van der Waals surface area (Å²) >= 11 is 0. The largest absolute Gasteiger partial charge is 0.326 e. The lowest BCUT2D eigenvalue weighted by Gasteiger charge is -2.22. The van der Waals surface area contributed by atoms with Crippen molar-refractivity contribution in [2.24, 2.45) is 0 Å². The zero-order chi connectivity index (χ0) is 13.3. The van der Waals surface area contributed by atoms with Crippen LogP contribution in [0.15, 0.2) is 18.5 Å². The van der Waals surface area contributed by atoms with Crippen molar-refractivity contribution in [2.45, 2.75) is 46.7 Å². The average Bonchev–Trinajstić information content (AvgIpc) is 2.72. The number of aromatic nitrogens is 2. The zero-order valence-electron chi connectivity index (χ0n) is 12.0. The van der Waals surface area contributed by atoms with Crippen molar-refractivity contribution in [2.75, 3.05) is 6.54 Å². The SMILES string of the molecule is CCNC(C)C(C)n1cnc2cc(C)c(C)cc21. The minimum atomic E-state index is 0.400. The Hall–Kier alpha value is -1.35. The maximum Gasteiger partial charge on any atom is 0.0961 e. The van der Waals surface area contributed by atoms with Gasteiger partial charge < -0.3 is 9.88 Å². The summed E-state index contributed by atoms with van der Waals surface area (Å²) in [4.78, 5) is 4.52. The van der Waals surface area contributed by atoms with Crippen molar-refractivity contribution in [3.05, 3.63) is 29.6 Å². The molecule has 3 nitrogen and oxygen atoms in total. The molecule has 2 atom stereocenters. The molecule has 0 bridgehead atoms. The first-order valence-corrected chi connectivity index (χ1v) is 6.71. The Morgan fingerprint density at radius 3 is 2.56 bits per heavy atom. The van der Waals surface area contributed by atoms with E-state index in [1.54, 1.807) is 0 Å². The fourth-order valence-corrected chi connectivity index (χ4v) is 2.34. The first kappa shape index (κ1) is 13.1. The molecular weight excluding hydrogens is 222 g/mol. The molecule has 0 spiro atoms. The van der Waals surface area contributed by atoms with Crippen molar-refractivity contribution in [3.8, 4) is 0 Å². The van der Waals surface area contributed by atoms with Gasteiger partial charge >= 0.3 is 0 Å². The Bertz CT molecular complexity index is 542. The lowest BCUT2D eigenvalue weighted by molar-refractivity contribution is 0.406. The summed E-state index contributed by atoms with van der Waals surface area (Å²) in [5, 5.41) is 3.48. The quantitative estimate of drug-likeness (QED) is 0.896. The van der Waals surface area contributed by atoms with Gasteiger partial charge in [-0.2, -0.15) is 0 Å². The van der Waals surface area contributed by atoms with E-state index >= 15 is 0 Å². The topological polar surface area (TPSA) is 29.9 Å². The summed E-state index contributed by atoms with van der Waals surface area (Å²) in [6, 6.07) is 5.25. The monoisotopic (exact) mass is 245 g/mol. The van der Waals surface area contributed by atoms with Gasteiger partial charge in [-0.3, -0.25) is 0 Å². The number of hydrogen-bond acceptors (Lipinski definition) is 2. The number of fused-ring (bicyclic) bond motifs is 1. The molecule has 0 aliphatic heterocycles. The standard InChI is InChI=1S/C15H23N3/c1-6-16-12(4)13(5)18-9-17-14-7-10(2)11(3)8-15(14)18/h7-9,12-13,16H,6H2,1-5H3. The normalized spacial score (nSPS) is 14.9. The van der Waals surface area contributed by atoms with Gasteiger partial charge in [0.1, 0.15) is 0 Å². The Kier molecular flexibility index (Phi) is 3.71. The van der Waals surface area contributed by atoms with E-state index in [0.29, 0.717) is 12.1 Å². The van der Waals surface area contributed by atoms with Gasteiger partial charge in [-0.15, -0.1) is 0 Å². The molecule has 0 radical (unpaired) electrons. The number of likely N-dealkylation sites (N-methyl/N-ethyl adjacent to an activating group) is 1. The van der Waals surface area contributed by atoms with Crippen molar-refractivity contribution in [1.29, 1.82) is 0 Å². The van der Waals surface area contributed by atoms with E-state index in [2.05, 4.69) is 61.6 Å². The Balaban J connectivity index is 2.42. The van der Waals surface area contributed by atoms with Crippen LogP contribution in [0.25, 0.3) is 11.0 Å². The molecule has 2 aromatic rings. The lowest BCUT2D eigenvalue weighted by atomic mass is 10.1. The summed E-state index contributed by atoms with van der Waals surface area (Å²) in [6.07, 6.45) is 1.96. The summed E-state index contributed by atoms with van der Waals surface area (Å²) in [5.74, 6) is 0. The molecular formula is C15H23N3. The van der Waals surface area contributed by atoms with Gasteiger partial charge in [0.2, 0.25) is 0 Å². The number of imidazole rings is 1. The van der Waals surface area contributed by atoms with E-state index < -0.39 is 0 Å². The van der Waals surface area contributed by atoms with Crippen LogP contribution in [-0.2, 0) is 0 Å². The fraction of sp³-hybridized carbons (Fsp3) is 0.533. The summed E-state index contributed by atoms with van der Waals surface area (Å²) in [5.41, 5.74) is 4.96. The number of nitrogens with one attached hydrogen (secondary N) is 1. The molecule has 1 aromatic carbocycles. The Morgan fingerprint density at radius 1 is 1.22 bits per heavy atom. The Labute approximate surface area is 109 Å². The van der Waals surface area contributed by atoms with E-state index in [0.717, 1.165) is 12.1 Å². The molecule has 1 aromatic heterocycles. The minimum Gasteiger partial charge on any atom is -0.326 e. The molecule has 2 rings (SSSR count). The zero-order valence-corrected chi connectivity index (χ0v) is 12.0. The number of benzene rings is 1. The van der Waals surface area contributed by atoms with Crippen LogP contribution in [0, 0.1) is 13.8 Å². The molecule has 1 heterocycles. The van der Waals surface area contributed by atoms with Crippen LogP contribution in [0.2, 0.25) is 0 Å². The van der Waals surface area contributed by atoms with Crippen molar-refractivity contribution >= 4 is 11.0 Å². The van der Waals surface area contributed by atoms with Gasteiger partial charge in [-0.25, -0.2) is 4.98 Å². The molecule has 0 fully saturated rings. The first-order valence-electron chi connectivity index (χ1n) is 6.71. The predicted molar refractivity (Wildman–Crippen MR) is 77.1 cm³/mol. The lowest BCUT2D eigenvalue weighted by Crippen LogP contribution is -2.33. The van der Waals surface area contributed by atoms with Gasteiger partial charge in [0.15, 0.2) is 0 Å². The van der Waals surface area contributed by atoms with Crippen LogP contribution in [0.4, 0.5) is 0 Å². The van der Waals surface area contributed by atoms with E-state index in [9.17, 15) is 0 Å². The highest BCUT2D eigenvalue weighted by Gasteiger charge is 2.15. The maximum absolute atomic E-state index is 4.52. The van der Waals surface area contributed by atoms with Gasteiger partial charge in [-0.05, 0) is 57.5 Å². The molecule has 0 aliphatic carbocycles. The third kappa shape index (κ3) is 2.27. The van der Waals surface area contributed by atoms with E-state index in [1.165, 1.54) is 16.6 Å². The van der Waals surface area contributed by atoms with Crippen molar-refractivity contribution in [1.82, 2.24) is 14.9 Å². The number of nitrogens with zero attached hydrogens (tertiary/aromatic N) is 2. The summed E-state index contributed by atoms with van der Waals surface area (Å²) in [7, 11) is 0. The predicted octanol–water partition coefficient (Wildman–Crippen LogP) is 3.21. The third-order valence-electron chi connectivity index (χ3n) is 3.88. The molecule has 2 unspecified atom stereocenters. The van der Waals surface area contributed by atoms with Gasteiger partial charge in [0.25, 0.3) is 0 Å². The third-order valence-corrected chi connectivity index (χ3v) is 3.88. The Morgan fingerprint density at radius 2 is 1.89 bits per heavy atom. The van der Waals surface area contributed by atoms with Crippen LogP contribution in [0.3, 0.4) is 0 Å². The molecule has 0 saturated heterocycles. The smallest absolute Gasteiger partial charge is 0.0961 e. The van der Waals surface area contributed by atoms with Gasteiger partial charge in [-0.1, -0.05) is 6.92 Å². The molecule has 1 N–H and O–H groups in total. The molecule has 3 heteroatoms. The highest BCUT2D eigenvalue weighted by molar-refractivity contribution is 5.77. The van der Waals surface area contributed by atoms with Crippen LogP contribution < -0.4 is 5.32 Å². The van der Waals surface area contributed by atoms with E-state index in [-0.39, 0.29) is 0 Å². The summed E-state index contributed by atoms with van der Waals surface area (Å²) < 4.78 is 2.27. The van der Waals surface area contributed by atoms with Crippen LogP contribution in [0.5, 0.6) is 0 Å². The van der Waals surface area contributed by atoms with Crippen LogP contribution in [0.1, 0.15) is 37.9 Å². The second-order valence-corrected chi connectivity index (χ2v) is 5.16. The van der Waals surface area contributed by atoms with E-state index in [4.69, 9.17) is 0 Å². The van der Waals surface area contributed by atoms with E-state index in [1.807, 2.05) is 6.33 Å². The second kappa shape index (κ2) is 5.11. The van der Waals surface area contributed by atoms with Gasteiger partial charge in [0.05, 0.1) is 17.4 Å². The number of hydrogen-bond donors (Lipinski definition) is 1. The maximum atomic E-state index is 4.52. The highest BCUT2D eigenvalue weighted by atomic mass is 15.1. The average molecular weight is 245 g/mol. The summed E-state index contributed by atoms with van der Waals surface area (Å²) in [6.45, 7) is 11.9. The number of rotatable bonds is 4. The number of aryl methyl sites for hydroxylation is 2. The van der Waals surface area contributed by atoms with Crippen LogP contribution in [-0.4, -0.2) is 22.1 Å². The second-order valence-electron chi connectivity index (χ2n) is 5.16. The molecule has 98 valence electrons. The van der Waals surface area contributed by atoms with Crippen molar-refractivity contribution in [3.63, 3.8) is 0 Å². The highest BCUT2D eigenvalue weighted by Crippen LogP contribution is 2.22. The fourth-order valence-electron chi connectivity index (χ4n) is 2.34. The minimum absolute atomic E-state index is 0.400. The molecule has 0 aliphatic rings.